The highest BCUT2D eigenvalue weighted by Crippen LogP contribution is 2.32. The number of aromatic nitrogens is 4. The first-order valence-corrected chi connectivity index (χ1v) is 11.5. The third-order valence-electron chi connectivity index (χ3n) is 5.24. The molecule has 0 atom stereocenters. The van der Waals surface area contributed by atoms with Gasteiger partial charge >= 0.3 is 0 Å². The second-order valence-corrected chi connectivity index (χ2v) is 9.32. The first-order valence-electron chi connectivity index (χ1n) is 9.65. The molecule has 0 spiro atoms. The minimum atomic E-state index is -3.47. The van der Waals surface area contributed by atoms with Gasteiger partial charge in [-0.2, -0.15) is 14.6 Å². The van der Waals surface area contributed by atoms with Crippen molar-refractivity contribution in [3.8, 4) is 0 Å². The number of carbonyl (C=O) groups is 1. The Hall–Kier alpha value is -2.75. The van der Waals surface area contributed by atoms with E-state index in [4.69, 9.17) is 4.42 Å². The number of carbonyl (C=O) groups excluding carboxylic acids is 1. The lowest BCUT2D eigenvalue weighted by Crippen LogP contribution is -2.38. The van der Waals surface area contributed by atoms with Crippen LogP contribution in [-0.2, 0) is 16.3 Å². The maximum absolute atomic E-state index is 12.8. The van der Waals surface area contributed by atoms with E-state index in [9.17, 15) is 13.2 Å². The molecule has 4 heterocycles. The highest BCUT2D eigenvalue weighted by Gasteiger charge is 2.31. The van der Waals surface area contributed by atoms with E-state index in [-0.39, 0.29) is 16.7 Å². The number of rotatable bonds is 5. The zero-order chi connectivity index (χ0) is 20.6. The second-order valence-electron chi connectivity index (χ2n) is 7.33. The standard InChI is InChI=1S/C19H23N5O4S/c1-3-4-14-5-6-15(28-14)18(25)23-9-7-13(8-10-23)17-16(29(2,26)27)11-20-19-21-12-22-24(17)19/h5-6,11-13H,3-4,7-10H2,1-2H3. The number of hydrogen-bond acceptors (Lipinski definition) is 7. The van der Waals surface area contributed by atoms with E-state index in [1.165, 1.54) is 23.3 Å². The Labute approximate surface area is 168 Å². The van der Waals surface area contributed by atoms with E-state index in [0.717, 1.165) is 18.6 Å². The summed E-state index contributed by atoms with van der Waals surface area (Å²) in [5.74, 6) is 1.34. The molecule has 1 aliphatic rings. The first kappa shape index (κ1) is 19.6. The molecule has 9 nitrogen and oxygen atoms in total. The van der Waals surface area contributed by atoms with E-state index < -0.39 is 9.84 Å². The average Bonchev–Trinajstić information content (AvgIpc) is 3.35. The molecular formula is C19H23N5O4S. The number of amides is 1. The maximum atomic E-state index is 12.8. The van der Waals surface area contributed by atoms with Crippen LogP contribution in [0.15, 0.2) is 34.0 Å². The van der Waals surface area contributed by atoms with Gasteiger partial charge in [0.25, 0.3) is 11.7 Å². The summed E-state index contributed by atoms with van der Waals surface area (Å²) in [6.07, 6.45) is 6.88. The zero-order valence-electron chi connectivity index (χ0n) is 16.4. The van der Waals surface area contributed by atoms with Gasteiger partial charge in [0.05, 0.1) is 11.9 Å². The summed E-state index contributed by atoms with van der Waals surface area (Å²) in [4.78, 5) is 22.8. The van der Waals surface area contributed by atoms with Gasteiger partial charge in [0.2, 0.25) is 0 Å². The van der Waals surface area contributed by atoms with Crippen LogP contribution in [0.5, 0.6) is 0 Å². The number of nitrogens with zero attached hydrogens (tertiary/aromatic N) is 5. The number of hydrogen-bond donors (Lipinski definition) is 0. The van der Waals surface area contributed by atoms with Crippen LogP contribution >= 0.6 is 0 Å². The summed E-state index contributed by atoms with van der Waals surface area (Å²) in [5, 5.41) is 4.17. The summed E-state index contributed by atoms with van der Waals surface area (Å²) < 4.78 is 31.8. The predicted octanol–water partition coefficient (Wildman–Crippen LogP) is 2.09. The minimum Gasteiger partial charge on any atom is -0.456 e. The van der Waals surface area contributed by atoms with E-state index in [2.05, 4.69) is 22.0 Å². The highest BCUT2D eigenvalue weighted by molar-refractivity contribution is 7.90. The number of piperidine rings is 1. The fourth-order valence-corrected chi connectivity index (χ4v) is 4.70. The molecule has 0 aromatic carbocycles. The van der Waals surface area contributed by atoms with Crippen LogP contribution in [0.25, 0.3) is 5.78 Å². The van der Waals surface area contributed by atoms with Gasteiger partial charge in [0, 0.05) is 31.7 Å². The third-order valence-corrected chi connectivity index (χ3v) is 6.36. The van der Waals surface area contributed by atoms with Gasteiger partial charge in [-0.15, -0.1) is 0 Å². The number of aryl methyl sites for hydroxylation is 1. The Bertz CT molecular complexity index is 1140. The molecule has 3 aromatic heterocycles. The molecule has 1 amide bonds. The molecule has 1 saturated heterocycles. The van der Waals surface area contributed by atoms with Gasteiger partial charge in [0.1, 0.15) is 17.0 Å². The van der Waals surface area contributed by atoms with Crippen molar-refractivity contribution in [2.45, 2.75) is 43.4 Å². The largest absolute Gasteiger partial charge is 0.456 e. The molecule has 4 rings (SSSR count). The van der Waals surface area contributed by atoms with Crippen molar-refractivity contribution in [2.75, 3.05) is 19.3 Å². The Morgan fingerprint density at radius 1 is 1.24 bits per heavy atom. The van der Waals surface area contributed by atoms with Gasteiger partial charge in [-0.25, -0.2) is 13.4 Å². The Kier molecular flexibility index (Phi) is 5.12. The zero-order valence-corrected chi connectivity index (χ0v) is 17.2. The topological polar surface area (TPSA) is 111 Å². The van der Waals surface area contributed by atoms with Gasteiger partial charge in [0.15, 0.2) is 15.6 Å². The molecular weight excluding hydrogens is 394 g/mol. The van der Waals surface area contributed by atoms with Crippen LogP contribution in [0.1, 0.15) is 54.1 Å². The molecule has 0 unspecified atom stereocenters. The summed E-state index contributed by atoms with van der Waals surface area (Å²) in [6, 6.07) is 3.57. The highest BCUT2D eigenvalue weighted by atomic mass is 32.2. The Morgan fingerprint density at radius 3 is 2.69 bits per heavy atom. The fourth-order valence-electron chi connectivity index (χ4n) is 3.83. The van der Waals surface area contributed by atoms with Crippen LogP contribution in [-0.4, -0.2) is 58.2 Å². The van der Waals surface area contributed by atoms with Crippen molar-refractivity contribution in [1.82, 2.24) is 24.5 Å². The molecule has 154 valence electrons. The van der Waals surface area contributed by atoms with Crippen molar-refractivity contribution in [3.63, 3.8) is 0 Å². The molecule has 0 N–H and O–H groups in total. The van der Waals surface area contributed by atoms with Gasteiger partial charge in [-0.3, -0.25) is 4.79 Å². The molecule has 1 aliphatic heterocycles. The summed E-state index contributed by atoms with van der Waals surface area (Å²) in [7, 11) is -3.47. The van der Waals surface area contributed by atoms with Crippen LogP contribution in [0.3, 0.4) is 0 Å². The minimum absolute atomic E-state index is 0.0665. The Morgan fingerprint density at radius 2 is 2.00 bits per heavy atom. The Balaban J connectivity index is 1.55. The lowest BCUT2D eigenvalue weighted by atomic mass is 9.93. The molecule has 0 radical (unpaired) electrons. The van der Waals surface area contributed by atoms with Gasteiger partial charge in [-0.1, -0.05) is 6.92 Å². The van der Waals surface area contributed by atoms with Crippen LogP contribution in [0, 0.1) is 0 Å². The molecule has 0 aliphatic carbocycles. The average molecular weight is 417 g/mol. The molecule has 10 heteroatoms. The molecule has 1 fully saturated rings. The van der Waals surface area contributed by atoms with Crippen LogP contribution in [0.4, 0.5) is 0 Å². The summed E-state index contributed by atoms with van der Waals surface area (Å²) >= 11 is 0. The molecule has 29 heavy (non-hydrogen) atoms. The summed E-state index contributed by atoms with van der Waals surface area (Å²) in [6.45, 7) is 3.08. The smallest absolute Gasteiger partial charge is 0.289 e. The SMILES string of the molecule is CCCc1ccc(C(=O)N2CCC(c3c(S(C)(=O)=O)cnc4ncnn34)CC2)o1. The first-order chi connectivity index (χ1) is 13.9. The van der Waals surface area contributed by atoms with Crippen molar-refractivity contribution >= 4 is 21.5 Å². The normalized spacial score (nSPS) is 15.9. The number of furan rings is 1. The van der Waals surface area contributed by atoms with E-state index >= 15 is 0 Å². The maximum Gasteiger partial charge on any atom is 0.289 e. The quantitative estimate of drug-likeness (QED) is 0.625. The third kappa shape index (κ3) is 3.76. The lowest BCUT2D eigenvalue weighted by molar-refractivity contribution is 0.0676. The molecule has 3 aromatic rings. The monoisotopic (exact) mass is 417 g/mol. The van der Waals surface area contributed by atoms with Crippen molar-refractivity contribution < 1.29 is 17.6 Å². The number of fused-ring (bicyclic) bond motifs is 1. The van der Waals surface area contributed by atoms with Crippen molar-refractivity contribution in [1.29, 1.82) is 0 Å². The summed E-state index contributed by atoms with van der Waals surface area (Å²) in [5.41, 5.74) is 0.588. The second kappa shape index (κ2) is 7.58. The van der Waals surface area contributed by atoms with Gasteiger partial charge in [-0.05, 0) is 31.4 Å². The van der Waals surface area contributed by atoms with E-state index in [0.29, 0.717) is 43.2 Å². The number of likely N-dealkylation sites (tertiary alicyclic amines) is 1. The molecule has 0 bridgehead atoms. The molecule has 0 saturated carbocycles. The fraction of sp³-hybridized carbons (Fsp3) is 0.474. The van der Waals surface area contributed by atoms with Crippen LogP contribution in [0.2, 0.25) is 0 Å². The number of sulfone groups is 1. The lowest BCUT2D eigenvalue weighted by Gasteiger charge is -2.32. The van der Waals surface area contributed by atoms with Crippen LogP contribution < -0.4 is 0 Å². The van der Waals surface area contributed by atoms with Crippen molar-refractivity contribution in [2.24, 2.45) is 0 Å². The van der Waals surface area contributed by atoms with Crippen molar-refractivity contribution in [3.05, 3.63) is 41.9 Å². The van der Waals surface area contributed by atoms with E-state index in [1.54, 1.807) is 11.0 Å². The van der Waals surface area contributed by atoms with E-state index in [1.807, 2.05) is 6.07 Å². The predicted molar refractivity (Wildman–Crippen MR) is 104 cm³/mol. The van der Waals surface area contributed by atoms with Gasteiger partial charge < -0.3 is 9.32 Å².